The summed E-state index contributed by atoms with van der Waals surface area (Å²) in [6, 6.07) is 0.486. The Morgan fingerprint density at radius 3 is 2.60 bits per heavy atom. The molecule has 4 bridgehead atoms. The van der Waals surface area contributed by atoms with Crippen LogP contribution in [0.4, 0.5) is 0 Å². The Morgan fingerprint density at radius 1 is 1.30 bits per heavy atom. The highest BCUT2D eigenvalue weighted by Gasteiger charge is 2.59. The quantitative estimate of drug-likeness (QED) is 0.841. The summed E-state index contributed by atoms with van der Waals surface area (Å²) in [6.45, 7) is 6.76. The Kier molecular flexibility index (Phi) is 2.96. The molecule has 3 atom stereocenters. The lowest BCUT2D eigenvalue weighted by Gasteiger charge is -2.63. The van der Waals surface area contributed by atoms with Gasteiger partial charge in [-0.2, -0.15) is 0 Å². The van der Waals surface area contributed by atoms with Gasteiger partial charge in [0.05, 0.1) is 12.6 Å². The number of rotatable bonds is 4. The highest BCUT2D eigenvalue weighted by atomic mass is 16.5. The van der Waals surface area contributed by atoms with Gasteiger partial charge in [-0.05, 0) is 73.8 Å². The zero-order valence-electron chi connectivity index (χ0n) is 13.1. The highest BCUT2D eigenvalue weighted by molar-refractivity contribution is 5.19. The normalized spacial score (nSPS) is 47.2. The summed E-state index contributed by atoms with van der Waals surface area (Å²) >= 11 is 0. The van der Waals surface area contributed by atoms with Crippen LogP contribution < -0.4 is 5.32 Å². The van der Waals surface area contributed by atoms with Crippen molar-refractivity contribution < 1.29 is 4.74 Å². The molecule has 5 aliphatic rings. The number of hydrogen-bond donors (Lipinski definition) is 1. The second-order valence-electron chi connectivity index (χ2n) is 8.37. The van der Waals surface area contributed by atoms with Crippen molar-refractivity contribution in [2.75, 3.05) is 13.2 Å². The molecule has 0 aromatic carbocycles. The van der Waals surface area contributed by atoms with Gasteiger partial charge in [0.15, 0.2) is 0 Å². The van der Waals surface area contributed by atoms with Crippen LogP contribution >= 0.6 is 0 Å². The summed E-state index contributed by atoms with van der Waals surface area (Å²) < 4.78 is 5.99. The van der Waals surface area contributed by atoms with Crippen LogP contribution in [0.15, 0.2) is 11.8 Å². The van der Waals surface area contributed by atoms with Crippen LogP contribution in [0.2, 0.25) is 0 Å². The van der Waals surface area contributed by atoms with Crippen molar-refractivity contribution in [1.82, 2.24) is 5.32 Å². The Labute approximate surface area is 123 Å². The van der Waals surface area contributed by atoms with E-state index in [1.165, 1.54) is 44.3 Å². The average molecular weight is 275 g/mol. The van der Waals surface area contributed by atoms with Crippen LogP contribution in [0.1, 0.15) is 58.8 Å². The summed E-state index contributed by atoms with van der Waals surface area (Å²) in [5, 5.41) is 3.81. The summed E-state index contributed by atoms with van der Waals surface area (Å²) in [7, 11) is 0. The molecule has 1 aliphatic heterocycles. The van der Waals surface area contributed by atoms with Gasteiger partial charge in [0.2, 0.25) is 0 Å². The molecule has 0 aromatic heterocycles. The molecule has 1 heterocycles. The third-order valence-corrected chi connectivity index (χ3v) is 6.44. The molecule has 112 valence electrons. The zero-order chi connectivity index (χ0) is 13.8. The first-order valence-corrected chi connectivity index (χ1v) is 8.69. The fraction of sp³-hybridized carbons (Fsp3) is 0.889. The molecule has 4 aliphatic carbocycles. The van der Waals surface area contributed by atoms with Crippen LogP contribution in [-0.2, 0) is 4.74 Å². The summed E-state index contributed by atoms with van der Waals surface area (Å²) in [5.74, 6) is 3.26. The topological polar surface area (TPSA) is 21.3 Å². The van der Waals surface area contributed by atoms with Gasteiger partial charge >= 0.3 is 0 Å². The fourth-order valence-corrected chi connectivity index (χ4v) is 6.60. The lowest BCUT2D eigenvalue weighted by molar-refractivity contribution is -0.117. The molecule has 0 radical (unpaired) electrons. The van der Waals surface area contributed by atoms with Crippen LogP contribution in [0, 0.1) is 22.7 Å². The molecule has 0 amide bonds. The fourth-order valence-electron chi connectivity index (χ4n) is 6.60. The first-order valence-electron chi connectivity index (χ1n) is 8.69. The summed E-state index contributed by atoms with van der Waals surface area (Å²) in [5.41, 5.74) is 1.11. The van der Waals surface area contributed by atoms with E-state index in [9.17, 15) is 0 Å². The van der Waals surface area contributed by atoms with E-state index in [1.807, 2.05) is 0 Å². The monoisotopic (exact) mass is 275 g/mol. The minimum atomic E-state index is 0.486. The molecule has 4 saturated carbocycles. The predicted molar refractivity (Wildman–Crippen MR) is 81.3 cm³/mol. The van der Waals surface area contributed by atoms with E-state index in [0.29, 0.717) is 16.9 Å². The third kappa shape index (κ3) is 1.94. The van der Waals surface area contributed by atoms with E-state index in [2.05, 4.69) is 25.2 Å². The number of hydrogen-bond acceptors (Lipinski definition) is 2. The van der Waals surface area contributed by atoms with E-state index >= 15 is 0 Å². The van der Waals surface area contributed by atoms with E-state index in [1.54, 1.807) is 0 Å². The molecule has 2 nitrogen and oxygen atoms in total. The molecule has 4 fully saturated rings. The van der Waals surface area contributed by atoms with Gasteiger partial charge in [0.25, 0.3) is 0 Å². The molecule has 3 unspecified atom stereocenters. The smallest absolute Gasteiger partial charge is 0.110 e. The molecule has 20 heavy (non-hydrogen) atoms. The Bertz CT molecular complexity index is 413. The molecule has 2 heteroatoms. The lowest BCUT2D eigenvalue weighted by Crippen LogP contribution is -2.59. The highest BCUT2D eigenvalue weighted by Crippen LogP contribution is 2.66. The van der Waals surface area contributed by atoms with E-state index in [4.69, 9.17) is 4.74 Å². The Balaban J connectivity index is 1.67. The standard InChI is InChI=1S/C18H29NO/c1-3-19-16(15-5-4-6-20-15)18-10-13-7-14(11-18)9-17(2,8-13)12-18/h5,13-14,16,19H,3-4,6-12H2,1-2H3. The predicted octanol–water partition coefficient (Wildman–Crippen LogP) is 3.88. The zero-order valence-corrected chi connectivity index (χ0v) is 13.1. The maximum absolute atomic E-state index is 5.99. The third-order valence-electron chi connectivity index (χ3n) is 6.44. The number of ether oxygens (including phenoxy) is 1. The van der Waals surface area contributed by atoms with Crippen LogP contribution in [-0.4, -0.2) is 19.2 Å². The Hall–Kier alpha value is -0.500. The van der Waals surface area contributed by atoms with Gasteiger partial charge in [-0.15, -0.1) is 0 Å². The largest absolute Gasteiger partial charge is 0.496 e. The van der Waals surface area contributed by atoms with Crippen molar-refractivity contribution in [3.63, 3.8) is 0 Å². The molecular formula is C18H29NO. The van der Waals surface area contributed by atoms with Crippen LogP contribution in [0.5, 0.6) is 0 Å². The van der Waals surface area contributed by atoms with E-state index in [0.717, 1.165) is 31.4 Å². The van der Waals surface area contributed by atoms with Gasteiger partial charge in [-0.3, -0.25) is 0 Å². The van der Waals surface area contributed by atoms with Gasteiger partial charge in [-0.25, -0.2) is 0 Å². The maximum atomic E-state index is 5.99. The second kappa shape index (κ2) is 4.50. The van der Waals surface area contributed by atoms with E-state index < -0.39 is 0 Å². The maximum Gasteiger partial charge on any atom is 0.110 e. The molecule has 0 aromatic rings. The summed E-state index contributed by atoms with van der Waals surface area (Å²) in [4.78, 5) is 0. The number of nitrogens with one attached hydrogen (secondary N) is 1. The molecule has 1 N–H and O–H groups in total. The first kappa shape index (κ1) is 13.2. The van der Waals surface area contributed by atoms with Gasteiger partial charge in [0, 0.05) is 6.42 Å². The number of likely N-dealkylation sites (N-methyl/N-ethyl adjacent to an activating group) is 1. The van der Waals surface area contributed by atoms with Gasteiger partial charge < -0.3 is 10.1 Å². The van der Waals surface area contributed by atoms with Crippen molar-refractivity contribution in [3.05, 3.63) is 11.8 Å². The van der Waals surface area contributed by atoms with Crippen LogP contribution in [0.25, 0.3) is 0 Å². The Morgan fingerprint density at radius 2 is 2.05 bits per heavy atom. The summed E-state index contributed by atoms with van der Waals surface area (Å²) in [6.07, 6.45) is 12.3. The molecule has 5 rings (SSSR count). The van der Waals surface area contributed by atoms with E-state index in [-0.39, 0.29) is 0 Å². The minimum Gasteiger partial charge on any atom is -0.496 e. The minimum absolute atomic E-state index is 0.486. The van der Waals surface area contributed by atoms with Gasteiger partial charge in [-0.1, -0.05) is 13.8 Å². The lowest BCUT2D eigenvalue weighted by atomic mass is 9.43. The average Bonchev–Trinajstić information content (AvgIpc) is 2.86. The second-order valence-corrected chi connectivity index (χ2v) is 8.37. The SMILES string of the molecule is CCNC(C1=CCCO1)C12CC3CC(CC(C)(C3)C1)C2. The molecule has 0 spiro atoms. The van der Waals surface area contributed by atoms with Crippen molar-refractivity contribution in [2.24, 2.45) is 22.7 Å². The van der Waals surface area contributed by atoms with Crippen molar-refractivity contribution >= 4 is 0 Å². The van der Waals surface area contributed by atoms with Crippen molar-refractivity contribution in [3.8, 4) is 0 Å². The van der Waals surface area contributed by atoms with Gasteiger partial charge in [0.1, 0.15) is 5.76 Å². The molecule has 0 saturated heterocycles. The van der Waals surface area contributed by atoms with Crippen LogP contribution in [0.3, 0.4) is 0 Å². The first-order chi connectivity index (χ1) is 9.62. The van der Waals surface area contributed by atoms with Crippen molar-refractivity contribution in [1.29, 1.82) is 0 Å². The van der Waals surface area contributed by atoms with Crippen molar-refractivity contribution in [2.45, 2.75) is 64.8 Å². The molecular weight excluding hydrogens is 246 g/mol.